The summed E-state index contributed by atoms with van der Waals surface area (Å²) in [4.78, 5) is 12.0. The van der Waals surface area contributed by atoms with E-state index in [-0.39, 0.29) is 12.3 Å². The third kappa shape index (κ3) is 4.09. The number of carbonyl (C=O) groups excluding carboxylic acids is 1. The molecule has 0 aliphatic heterocycles. The zero-order chi connectivity index (χ0) is 17.6. The molecule has 1 heterocycles. The summed E-state index contributed by atoms with van der Waals surface area (Å²) in [6.45, 7) is 1.97. The van der Waals surface area contributed by atoms with Crippen LogP contribution in [0.2, 0.25) is 0 Å². The number of carbonyl (C=O) groups is 1. The zero-order valence-electron chi connectivity index (χ0n) is 13.7. The van der Waals surface area contributed by atoms with Gasteiger partial charge in [-0.1, -0.05) is 24.3 Å². The van der Waals surface area contributed by atoms with Crippen molar-refractivity contribution in [2.45, 2.75) is 19.8 Å². The Bertz CT molecular complexity index is 940. The predicted molar refractivity (Wildman–Crippen MR) is 92.6 cm³/mol. The lowest BCUT2D eigenvalue weighted by molar-refractivity contribution is -0.116. The van der Waals surface area contributed by atoms with Gasteiger partial charge in [-0.25, -0.2) is 0 Å². The number of nitrogens with zero attached hydrogens (tertiary/aromatic N) is 3. The first-order chi connectivity index (χ1) is 12.2. The molecule has 6 nitrogen and oxygen atoms in total. The van der Waals surface area contributed by atoms with Gasteiger partial charge in [0.15, 0.2) is 0 Å². The van der Waals surface area contributed by atoms with Gasteiger partial charge in [0.25, 0.3) is 0 Å². The van der Waals surface area contributed by atoms with E-state index in [1.165, 1.54) is 0 Å². The molecular formula is C19H16N4O2. The van der Waals surface area contributed by atoms with Crippen LogP contribution < -0.4 is 5.32 Å². The summed E-state index contributed by atoms with van der Waals surface area (Å²) in [6, 6.07) is 16.6. The Kier molecular flexibility index (Phi) is 4.86. The normalized spacial score (nSPS) is 10.2. The second-order valence-corrected chi connectivity index (χ2v) is 5.56. The number of amides is 1. The van der Waals surface area contributed by atoms with Crippen molar-refractivity contribution in [3.63, 3.8) is 0 Å². The monoisotopic (exact) mass is 332 g/mol. The first kappa shape index (κ1) is 16.4. The molecule has 0 aliphatic carbocycles. The molecular weight excluding hydrogens is 316 g/mol. The molecule has 0 aliphatic rings. The van der Waals surface area contributed by atoms with Gasteiger partial charge in [0.05, 0.1) is 11.6 Å². The van der Waals surface area contributed by atoms with Crippen LogP contribution >= 0.6 is 0 Å². The smallest absolute Gasteiger partial charge is 0.247 e. The first-order valence-corrected chi connectivity index (χ1v) is 7.84. The van der Waals surface area contributed by atoms with E-state index in [2.05, 4.69) is 15.5 Å². The van der Waals surface area contributed by atoms with E-state index in [1.54, 1.807) is 24.3 Å². The second-order valence-electron chi connectivity index (χ2n) is 5.56. The number of aromatic nitrogens is 2. The van der Waals surface area contributed by atoms with Crippen molar-refractivity contribution >= 4 is 11.6 Å². The maximum absolute atomic E-state index is 12.0. The second kappa shape index (κ2) is 7.41. The number of rotatable bonds is 5. The van der Waals surface area contributed by atoms with Gasteiger partial charge in [-0.2, -0.15) is 5.26 Å². The minimum atomic E-state index is -0.175. The van der Waals surface area contributed by atoms with E-state index in [0.717, 1.165) is 11.1 Å². The Hall–Kier alpha value is -3.46. The Morgan fingerprint density at radius 3 is 2.84 bits per heavy atom. The Morgan fingerprint density at radius 1 is 1.20 bits per heavy atom. The lowest BCUT2D eigenvalue weighted by atomic mass is 10.1. The van der Waals surface area contributed by atoms with Crippen molar-refractivity contribution in [3.8, 4) is 17.5 Å². The average molecular weight is 332 g/mol. The summed E-state index contributed by atoms with van der Waals surface area (Å²) < 4.78 is 5.64. The van der Waals surface area contributed by atoms with Crippen molar-refractivity contribution in [3.05, 3.63) is 65.5 Å². The summed E-state index contributed by atoms with van der Waals surface area (Å²) in [6.07, 6.45) is 0.564. The van der Waals surface area contributed by atoms with Crippen LogP contribution in [-0.4, -0.2) is 16.1 Å². The molecule has 0 saturated carbocycles. The lowest BCUT2D eigenvalue weighted by Crippen LogP contribution is -2.12. The molecule has 3 rings (SSSR count). The number of nitrogens with one attached hydrogen (secondary N) is 1. The van der Waals surface area contributed by atoms with E-state index >= 15 is 0 Å². The summed E-state index contributed by atoms with van der Waals surface area (Å²) >= 11 is 0. The van der Waals surface area contributed by atoms with Crippen LogP contribution in [0.15, 0.2) is 52.9 Å². The van der Waals surface area contributed by atoms with Crippen LogP contribution in [0.1, 0.15) is 23.4 Å². The molecule has 25 heavy (non-hydrogen) atoms. The maximum atomic E-state index is 12.0. The highest BCUT2D eigenvalue weighted by molar-refractivity contribution is 5.90. The largest absolute Gasteiger partial charge is 0.421 e. The molecule has 6 heteroatoms. The summed E-state index contributed by atoms with van der Waals surface area (Å²) in [5, 5.41) is 19.7. The molecule has 0 saturated heterocycles. The van der Waals surface area contributed by atoms with E-state index in [4.69, 9.17) is 9.68 Å². The Labute approximate surface area is 145 Å². The van der Waals surface area contributed by atoms with Crippen molar-refractivity contribution < 1.29 is 9.21 Å². The number of hydrogen-bond acceptors (Lipinski definition) is 5. The predicted octanol–water partition coefficient (Wildman–Crippen LogP) is 3.49. The van der Waals surface area contributed by atoms with Crippen LogP contribution in [0.3, 0.4) is 0 Å². The third-order valence-corrected chi connectivity index (χ3v) is 3.68. The molecule has 1 aromatic heterocycles. The molecule has 1 amide bonds. The van der Waals surface area contributed by atoms with Gasteiger partial charge >= 0.3 is 0 Å². The summed E-state index contributed by atoms with van der Waals surface area (Å²) in [5.41, 5.74) is 3.03. The fourth-order valence-electron chi connectivity index (χ4n) is 2.39. The highest BCUT2D eigenvalue weighted by Gasteiger charge is 2.12. The number of hydrogen-bond donors (Lipinski definition) is 1. The molecule has 2 aromatic carbocycles. The molecule has 124 valence electrons. The molecule has 0 spiro atoms. The van der Waals surface area contributed by atoms with Gasteiger partial charge in [0.2, 0.25) is 17.7 Å². The quantitative estimate of drug-likeness (QED) is 0.772. The van der Waals surface area contributed by atoms with Crippen molar-refractivity contribution in [2.24, 2.45) is 0 Å². The molecule has 0 atom stereocenters. The van der Waals surface area contributed by atoms with Gasteiger partial charge in [-0.3, -0.25) is 4.79 Å². The topological polar surface area (TPSA) is 91.8 Å². The maximum Gasteiger partial charge on any atom is 0.247 e. The fourth-order valence-corrected chi connectivity index (χ4v) is 2.39. The standard InChI is InChI=1S/C19H16N4O2/c1-13-5-2-3-8-16(13)19-23-22-18(25-19)10-9-17(24)21-15-7-4-6-14(11-15)12-20/h2-8,11H,9-10H2,1H3,(H,21,24). The van der Waals surface area contributed by atoms with Gasteiger partial charge in [-0.05, 0) is 36.8 Å². The van der Waals surface area contributed by atoms with Gasteiger partial charge < -0.3 is 9.73 Å². The summed E-state index contributed by atoms with van der Waals surface area (Å²) in [7, 11) is 0. The van der Waals surface area contributed by atoms with Gasteiger partial charge in [-0.15, -0.1) is 10.2 Å². The van der Waals surface area contributed by atoms with Gasteiger partial charge in [0, 0.05) is 24.1 Å². The van der Waals surface area contributed by atoms with Gasteiger partial charge in [0.1, 0.15) is 0 Å². The first-order valence-electron chi connectivity index (χ1n) is 7.84. The van der Waals surface area contributed by atoms with E-state index in [9.17, 15) is 4.79 Å². The van der Waals surface area contributed by atoms with Crippen LogP contribution in [-0.2, 0) is 11.2 Å². The minimum Gasteiger partial charge on any atom is -0.421 e. The fraction of sp³-hybridized carbons (Fsp3) is 0.158. The highest BCUT2D eigenvalue weighted by atomic mass is 16.4. The zero-order valence-corrected chi connectivity index (χ0v) is 13.7. The molecule has 0 unspecified atom stereocenters. The highest BCUT2D eigenvalue weighted by Crippen LogP contribution is 2.21. The minimum absolute atomic E-state index is 0.175. The SMILES string of the molecule is Cc1ccccc1-c1nnc(CCC(=O)Nc2cccc(C#N)c2)o1. The molecule has 0 bridgehead atoms. The number of aryl methyl sites for hydroxylation is 2. The molecule has 3 aromatic rings. The molecule has 1 N–H and O–H groups in total. The van der Waals surface area contributed by atoms with E-state index in [1.807, 2.05) is 37.3 Å². The molecule has 0 radical (unpaired) electrons. The number of benzene rings is 2. The lowest BCUT2D eigenvalue weighted by Gasteiger charge is -2.04. The van der Waals surface area contributed by atoms with Crippen molar-refractivity contribution in [1.82, 2.24) is 10.2 Å². The summed E-state index contributed by atoms with van der Waals surface area (Å²) in [5.74, 6) is 0.695. The van der Waals surface area contributed by atoms with Crippen LogP contribution in [0.5, 0.6) is 0 Å². The Morgan fingerprint density at radius 2 is 2.04 bits per heavy atom. The van der Waals surface area contributed by atoms with Crippen molar-refractivity contribution in [2.75, 3.05) is 5.32 Å². The van der Waals surface area contributed by atoms with E-state index in [0.29, 0.717) is 29.5 Å². The van der Waals surface area contributed by atoms with Crippen LogP contribution in [0.4, 0.5) is 5.69 Å². The third-order valence-electron chi connectivity index (χ3n) is 3.68. The number of anilines is 1. The Balaban J connectivity index is 1.60. The average Bonchev–Trinajstić information content (AvgIpc) is 3.09. The number of nitriles is 1. The van der Waals surface area contributed by atoms with Crippen LogP contribution in [0, 0.1) is 18.3 Å². The van der Waals surface area contributed by atoms with Crippen LogP contribution in [0.25, 0.3) is 11.5 Å². The molecule has 0 fully saturated rings. The van der Waals surface area contributed by atoms with E-state index < -0.39 is 0 Å². The van der Waals surface area contributed by atoms with Crippen molar-refractivity contribution in [1.29, 1.82) is 5.26 Å².